The maximum Gasteiger partial charge on any atom is 0.339 e. The number of fused-ring (bicyclic) bond motifs is 1. The number of aromatic nitrogens is 2. The Hall–Kier alpha value is -4.47. The van der Waals surface area contributed by atoms with Crippen LogP contribution < -0.4 is 0 Å². The van der Waals surface area contributed by atoms with Crippen LogP contribution in [-0.4, -0.2) is 63.6 Å². The predicted molar refractivity (Wildman–Crippen MR) is 164 cm³/mol. The molecule has 0 fully saturated rings. The number of imidazole rings is 1. The Bertz CT molecular complexity index is 1520. The van der Waals surface area contributed by atoms with Crippen molar-refractivity contribution in [2.75, 3.05) is 19.8 Å². The third-order valence-corrected chi connectivity index (χ3v) is 7.22. The maximum atomic E-state index is 13.4. The topological polar surface area (TPSA) is 117 Å². The SMILES string of the molecule is CCOC(=O)CC(=O)N1CCc2nc(CC)n(Cc3ccc(-c4ccccc4C(=O)OC(C)(C)C)cc3)c2C1C(=O)OCC. The van der Waals surface area contributed by atoms with Crippen molar-refractivity contribution >= 4 is 23.8 Å². The lowest BCUT2D eigenvalue weighted by Crippen LogP contribution is -2.45. The lowest BCUT2D eigenvalue weighted by Gasteiger charge is -2.34. The third-order valence-electron chi connectivity index (χ3n) is 7.22. The molecule has 1 aliphatic heterocycles. The van der Waals surface area contributed by atoms with Gasteiger partial charge in [0.15, 0.2) is 6.04 Å². The minimum atomic E-state index is -1.03. The van der Waals surface area contributed by atoms with E-state index in [1.165, 1.54) is 4.90 Å². The van der Waals surface area contributed by atoms with Gasteiger partial charge in [-0.25, -0.2) is 14.6 Å². The van der Waals surface area contributed by atoms with E-state index < -0.39 is 35.9 Å². The van der Waals surface area contributed by atoms with E-state index in [0.717, 1.165) is 28.2 Å². The monoisotopic (exact) mass is 603 g/mol. The molecule has 4 rings (SSSR count). The fourth-order valence-electron chi connectivity index (χ4n) is 5.39. The molecule has 0 N–H and O–H groups in total. The van der Waals surface area contributed by atoms with Crippen LogP contribution in [0, 0.1) is 0 Å². The third kappa shape index (κ3) is 7.35. The van der Waals surface area contributed by atoms with Crippen LogP contribution in [0.2, 0.25) is 0 Å². The average Bonchev–Trinajstić information content (AvgIpc) is 3.33. The van der Waals surface area contributed by atoms with Gasteiger partial charge in [0, 0.05) is 25.9 Å². The number of benzene rings is 2. The Morgan fingerprint density at radius 1 is 0.932 bits per heavy atom. The van der Waals surface area contributed by atoms with Crippen molar-refractivity contribution in [3.05, 3.63) is 76.9 Å². The summed E-state index contributed by atoms with van der Waals surface area (Å²) in [7, 11) is 0. The Labute approximate surface area is 258 Å². The molecule has 2 heterocycles. The van der Waals surface area contributed by atoms with Gasteiger partial charge >= 0.3 is 17.9 Å². The van der Waals surface area contributed by atoms with Crippen molar-refractivity contribution in [3.8, 4) is 11.1 Å². The van der Waals surface area contributed by atoms with Gasteiger partial charge in [-0.3, -0.25) is 9.59 Å². The van der Waals surface area contributed by atoms with Gasteiger partial charge in [0.2, 0.25) is 5.91 Å². The van der Waals surface area contributed by atoms with Crippen molar-refractivity contribution in [2.24, 2.45) is 0 Å². The van der Waals surface area contributed by atoms with E-state index in [1.54, 1.807) is 19.9 Å². The molecule has 10 nitrogen and oxygen atoms in total. The Morgan fingerprint density at radius 3 is 2.25 bits per heavy atom. The smallest absolute Gasteiger partial charge is 0.339 e. The van der Waals surface area contributed by atoms with E-state index in [9.17, 15) is 19.2 Å². The van der Waals surface area contributed by atoms with E-state index in [1.807, 2.05) is 74.7 Å². The lowest BCUT2D eigenvalue weighted by molar-refractivity contribution is -0.159. The first-order valence-corrected chi connectivity index (χ1v) is 15.1. The molecule has 44 heavy (non-hydrogen) atoms. The molecule has 234 valence electrons. The zero-order valence-electron chi connectivity index (χ0n) is 26.3. The van der Waals surface area contributed by atoms with Crippen molar-refractivity contribution < 1.29 is 33.4 Å². The molecular formula is C34H41N3O7. The minimum Gasteiger partial charge on any atom is -0.466 e. The summed E-state index contributed by atoms with van der Waals surface area (Å²) in [5, 5.41) is 0. The van der Waals surface area contributed by atoms with E-state index in [4.69, 9.17) is 19.2 Å². The molecule has 0 aliphatic carbocycles. The number of esters is 3. The lowest BCUT2D eigenvalue weighted by atomic mass is 9.98. The molecule has 1 amide bonds. The molecule has 0 spiro atoms. The highest BCUT2D eigenvalue weighted by Gasteiger charge is 2.41. The van der Waals surface area contributed by atoms with Crippen LogP contribution in [-0.2, 0) is 48.0 Å². The molecule has 2 aromatic carbocycles. The minimum absolute atomic E-state index is 0.144. The van der Waals surface area contributed by atoms with E-state index in [0.29, 0.717) is 30.6 Å². The van der Waals surface area contributed by atoms with Gasteiger partial charge in [-0.15, -0.1) is 0 Å². The van der Waals surface area contributed by atoms with Crippen LogP contribution in [0.1, 0.15) is 87.1 Å². The summed E-state index contributed by atoms with van der Waals surface area (Å²) < 4.78 is 18.0. The molecule has 3 aromatic rings. The summed E-state index contributed by atoms with van der Waals surface area (Å²) >= 11 is 0. The predicted octanol–water partition coefficient (Wildman–Crippen LogP) is 5.06. The van der Waals surface area contributed by atoms with E-state index in [2.05, 4.69) is 0 Å². The first kappa shape index (κ1) is 32.4. The fraction of sp³-hybridized carbons (Fsp3) is 0.441. The maximum absolute atomic E-state index is 13.4. The first-order valence-electron chi connectivity index (χ1n) is 15.1. The summed E-state index contributed by atoms with van der Waals surface area (Å²) in [5.41, 5.74) is 3.77. The zero-order chi connectivity index (χ0) is 32.0. The Morgan fingerprint density at radius 2 is 1.61 bits per heavy atom. The number of carbonyl (C=O) groups excluding carboxylic acids is 4. The summed E-state index contributed by atoms with van der Waals surface area (Å²) in [6, 6.07) is 14.1. The van der Waals surface area contributed by atoms with Gasteiger partial charge in [-0.1, -0.05) is 49.4 Å². The number of ether oxygens (including phenoxy) is 3. The first-order chi connectivity index (χ1) is 21.0. The summed E-state index contributed by atoms with van der Waals surface area (Å²) in [4.78, 5) is 57.9. The highest BCUT2D eigenvalue weighted by molar-refractivity contribution is 5.98. The second-order valence-electron chi connectivity index (χ2n) is 11.5. The molecule has 0 radical (unpaired) electrons. The van der Waals surface area contributed by atoms with Crippen molar-refractivity contribution in [1.82, 2.24) is 14.5 Å². The van der Waals surface area contributed by atoms with Crippen molar-refractivity contribution in [1.29, 1.82) is 0 Å². The molecule has 1 unspecified atom stereocenters. The zero-order valence-corrected chi connectivity index (χ0v) is 26.3. The van der Waals surface area contributed by atoms with E-state index >= 15 is 0 Å². The van der Waals surface area contributed by atoms with E-state index in [-0.39, 0.29) is 25.7 Å². The molecule has 1 aromatic heterocycles. The van der Waals surface area contributed by atoms with Crippen LogP contribution in [0.4, 0.5) is 0 Å². The number of nitrogens with zero attached hydrogens (tertiary/aromatic N) is 3. The van der Waals surface area contributed by atoms with Crippen molar-refractivity contribution in [2.45, 2.75) is 79.0 Å². The van der Waals surface area contributed by atoms with Crippen LogP contribution in [0.25, 0.3) is 11.1 Å². The average molecular weight is 604 g/mol. The summed E-state index contributed by atoms with van der Waals surface area (Å²) in [5.74, 6) is -1.30. The second kappa shape index (κ2) is 13.9. The number of carbonyl (C=O) groups is 4. The molecule has 0 bridgehead atoms. The van der Waals surface area contributed by atoms with Crippen LogP contribution in [0.15, 0.2) is 48.5 Å². The number of hydrogen-bond donors (Lipinski definition) is 0. The number of hydrogen-bond acceptors (Lipinski definition) is 8. The normalized spacial score (nSPS) is 14.5. The summed E-state index contributed by atoms with van der Waals surface area (Å²) in [6.45, 7) is 11.8. The van der Waals surface area contributed by atoms with Gasteiger partial charge in [-0.05, 0) is 57.4 Å². The molecule has 10 heteroatoms. The molecule has 1 atom stereocenters. The van der Waals surface area contributed by atoms with Crippen LogP contribution in [0.5, 0.6) is 0 Å². The molecule has 0 saturated heterocycles. The Balaban J connectivity index is 1.67. The van der Waals surface area contributed by atoms with Crippen LogP contribution in [0.3, 0.4) is 0 Å². The largest absolute Gasteiger partial charge is 0.466 e. The second-order valence-corrected chi connectivity index (χ2v) is 11.5. The van der Waals surface area contributed by atoms with Gasteiger partial charge in [0.05, 0.1) is 30.2 Å². The number of rotatable bonds is 10. The number of aryl methyl sites for hydroxylation is 1. The molecule has 1 aliphatic rings. The quantitative estimate of drug-likeness (QED) is 0.179. The van der Waals surface area contributed by atoms with Crippen LogP contribution >= 0.6 is 0 Å². The van der Waals surface area contributed by atoms with Gasteiger partial charge < -0.3 is 23.7 Å². The highest BCUT2D eigenvalue weighted by Crippen LogP contribution is 2.34. The van der Waals surface area contributed by atoms with Gasteiger partial charge in [0.1, 0.15) is 17.8 Å². The molecule has 0 saturated carbocycles. The highest BCUT2D eigenvalue weighted by atomic mass is 16.6. The fourth-order valence-corrected chi connectivity index (χ4v) is 5.39. The van der Waals surface area contributed by atoms with Gasteiger partial charge in [-0.2, -0.15) is 0 Å². The summed E-state index contributed by atoms with van der Waals surface area (Å²) in [6.07, 6.45) is 0.598. The Kier molecular flexibility index (Phi) is 10.2. The number of amides is 1. The molecular weight excluding hydrogens is 562 g/mol. The van der Waals surface area contributed by atoms with Gasteiger partial charge in [0.25, 0.3) is 0 Å². The standard InChI is InChI=1S/C34H41N3O7/c1-7-27-35-26-18-19-36(28(38)20-29(39)42-8-2)31(33(41)43-9-3)30(26)37(27)21-22-14-16-23(17-15-22)24-12-10-11-13-25(24)32(40)44-34(4,5)6/h10-17,31H,7-9,18-21H2,1-6H3. The van der Waals surface area contributed by atoms with Crippen molar-refractivity contribution in [3.63, 3.8) is 0 Å².